The van der Waals surface area contributed by atoms with Gasteiger partial charge in [-0.15, -0.1) is 13.2 Å². The largest absolute Gasteiger partial charge is 0.522 e. The molecule has 4 heterocycles. The molecule has 150 valence electrons. The SMILES string of the molecule is Cn1cc2cc(-c3ccc4nc(C5(O)CC(OC(F)(F)F)C5)sc4n3)cnc2n1. The summed E-state index contributed by atoms with van der Waals surface area (Å²) in [4.78, 5) is 13.9. The van der Waals surface area contributed by atoms with E-state index in [4.69, 9.17) is 0 Å². The molecule has 1 aliphatic carbocycles. The Kier molecular flexibility index (Phi) is 3.92. The third-order valence-electron chi connectivity index (χ3n) is 4.85. The summed E-state index contributed by atoms with van der Waals surface area (Å²) in [5.74, 6) is 0. The zero-order valence-corrected chi connectivity index (χ0v) is 15.8. The summed E-state index contributed by atoms with van der Waals surface area (Å²) >= 11 is 1.17. The molecule has 0 radical (unpaired) electrons. The number of nitrogens with zero attached hydrogens (tertiary/aromatic N) is 5. The average molecular weight is 421 g/mol. The molecule has 0 unspecified atom stereocenters. The summed E-state index contributed by atoms with van der Waals surface area (Å²) in [5.41, 5.74) is 1.30. The molecule has 7 nitrogen and oxygen atoms in total. The van der Waals surface area contributed by atoms with Gasteiger partial charge in [0, 0.05) is 43.2 Å². The summed E-state index contributed by atoms with van der Waals surface area (Å²) in [6, 6.07) is 5.51. The van der Waals surface area contributed by atoms with Gasteiger partial charge in [-0.2, -0.15) is 5.10 Å². The van der Waals surface area contributed by atoms with Crippen LogP contribution in [-0.4, -0.2) is 42.3 Å². The summed E-state index contributed by atoms with van der Waals surface area (Å²) in [6.07, 6.45) is -2.53. The van der Waals surface area contributed by atoms with Gasteiger partial charge in [-0.3, -0.25) is 9.42 Å². The molecule has 4 aromatic heterocycles. The molecule has 0 saturated heterocycles. The van der Waals surface area contributed by atoms with Crippen LogP contribution in [0, 0.1) is 0 Å². The highest BCUT2D eigenvalue weighted by Crippen LogP contribution is 2.47. The first-order valence-corrected chi connectivity index (χ1v) is 9.55. The normalized spacial score (nSPS) is 22.3. The minimum Gasteiger partial charge on any atom is -0.382 e. The molecule has 1 saturated carbocycles. The number of fused-ring (bicyclic) bond motifs is 2. The Balaban J connectivity index is 1.43. The number of aromatic nitrogens is 5. The van der Waals surface area contributed by atoms with Gasteiger partial charge in [0.25, 0.3) is 0 Å². The third-order valence-corrected chi connectivity index (χ3v) is 6.01. The number of halogens is 3. The van der Waals surface area contributed by atoms with Crippen LogP contribution in [0.4, 0.5) is 13.2 Å². The number of aliphatic hydroxyl groups is 1. The molecule has 0 aromatic carbocycles. The van der Waals surface area contributed by atoms with Crippen molar-refractivity contribution in [1.29, 1.82) is 0 Å². The molecule has 0 bridgehead atoms. The van der Waals surface area contributed by atoms with Crippen LogP contribution in [0.1, 0.15) is 17.8 Å². The van der Waals surface area contributed by atoms with Crippen molar-refractivity contribution in [2.24, 2.45) is 7.05 Å². The molecule has 0 aliphatic heterocycles. The first-order chi connectivity index (χ1) is 13.7. The molecule has 0 amide bonds. The maximum atomic E-state index is 12.3. The summed E-state index contributed by atoms with van der Waals surface area (Å²) in [7, 11) is 1.82. The zero-order valence-electron chi connectivity index (χ0n) is 15.0. The number of ether oxygens (including phenoxy) is 1. The molecule has 11 heteroatoms. The van der Waals surface area contributed by atoms with Crippen molar-refractivity contribution in [2.75, 3.05) is 0 Å². The number of alkyl halides is 3. The minimum absolute atomic E-state index is 0.152. The van der Waals surface area contributed by atoms with E-state index in [-0.39, 0.29) is 12.8 Å². The topological polar surface area (TPSA) is 86.0 Å². The Morgan fingerprint density at radius 2 is 2.07 bits per heavy atom. The van der Waals surface area contributed by atoms with E-state index in [2.05, 4.69) is 24.8 Å². The van der Waals surface area contributed by atoms with Crippen LogP contribution in [0.15, 0.2) is 30.6 Å². The monoisotopic (exact) mass is 421 g/mol. The third kappa shape index (κ3) is 3.34. The predicted octanol–water partition coefficient (Wildman–Crippen LogP) is 3.53. The van der Waals surface area contributed by atoms with Gasteiger partial charge in [-0.05, 0) is 18.2 Å². The Hall–Kier alpha value is -2.63. The number of hydrogen-bond acceptors (Lipinski definition) is 7. The lowest BCUT2D eigenvalue weighted by Crippen LogP contribution is -2.47. The molecule has 5 rings (SSSR count). The van der Waals surface area contributed by atoms with Crippen molar-refractivity contribution in [2.45, 2.75) is 30.9 Å². The van der Waals surface area contributed by atoms with Gasteiger partial charge in [-0.25, -0.2) is 15.0 Å². The van der Waals surface area contributed by atoms with Gasteiger partial charge in [0.2, 0.25) is 0 Å². The summed E-state index contributed by atoms with van der Waals surface area (Å²) in [6.45, 7) is 0. The Morgan fingerprint density at radius 1 is 1.28 bits per heavy atom. The smallest absolute Gasteiger partial charge is 0.382 e. The number of rotatable bonds is 3. The molecule has 4 aromatic rings. The van der Waals surface area contributed by atoms with E-state index in [0.717, 1.165) is 10.9 Å². The number of hydrogen-bond donors (Lipinski definition) is 1. The van der Waals surface area contributed by atoms with Crippen molar-refractivity contribution in [3.63, 3.8) is 0 Å². The van der Waals surface area contributed by atoms with Crippen LogP contribution in [0.3, 0.4) is 0 Å². The van der Waals surface area contributed by atoms with E-state index in [1.165, 1.54) is 11.3 Å². The number of aryl methyl sites for hydroxylation is 1. The highest BCUT2D eigenvalue weighted by Gasteiger charge is 2.51. The number of thiazole rings is 1. The van der Waals surface area contributed by atoms with Gasteiger partial charge in [-0.1, -0.05) is 11.3 Å². The van der Waals surface area contributed by atoms with Crippen LogP contribution in [-0.2, 0) is 17.4 Å². The molecule has 0 atom stereocenters. The van der Waals surface area contributed by atoms with Crippen LogP contribution < -0.4 is 0 Å². The molecule has 29 heavy (non-hydrogen) atoms. The highest BCUT2D eigenvalue weighted by atomic mass is 32.1. The second kappa shape index (κ2) is 6.18. The van der Waals surface area contributed by atoms with Crippen molar-refractivity contribution in [3.05, 3.63) is 35.6 Å². The van der Waals surface area contributed by atoms with E-state index >= 15 is 0 Å². The van der Waals surface area contributed by atoms with Crippen LogP contribution >= 0.6 is 11.3 Å². The van der Waals surface area contributed by atoms with Crippen molar-refractivity contribution < 1.29 is 23.0 Å². The van der Waals surface area contributed by atoms with Crippen LogP contribution in [0.25, 0.3) is 32.6 Å². The van der Waals surface area contributed by atoms with Crippen LogP contribution in [0.2, 0.25) is 0 Å². The highest BCUT2D eigenvalue weighted by molar-refractivity contribution is 7.18. The molecule has 0 spiro atoms. The predicted molar refractivity (Wildman–Crippen MR) is 99.0 cm³/mol. The van der Waals surface area contributed by atoms with Crippen molar-refractivity contribution >= 4 is 32.7 Å². The summed E-state index contributed by atoms with van der Waals surface area (Å²) in [5, 5.41) is 16.1. The molecule has 1 N–H and O–H groups in total. The van der Waals surface area contributed by atoms with Crippen molar-refractivity contribution in [1.82, 2.24) is 24.7 Å². The lowest BCUT2D eigenvalue weighted by molar-refractivity contribution is -0.364. The fraction of sp³-hybridized carbons (Fsp3) is 0.333. The first-order valence-electron chi connectivity index (χ1n) is 8.73. The Labute approximate surface area is 165 Å². The Morgan fingerprint density at radius 3 is 2.83 bits per heavy atom. The lowest BCUT2D eigenvalue weighted by Gasteiger charge is -2.41. The van der Waals surface area contributed by atoms with Gasteiger partial charge >= 0.3 is 6.36 Å². The van der Waals surface area contributed by atoms with E-state index in [9.17, 15) is 18.3 Å². The van der Waals surface area contributed by atoms with Crippen molar-refractivity contribution in [3.8, 4) is 11.3 Å². The second-order valence-corrected chi connectivity index (χ2v) is 8.08. The molecule has 1 fully saturated rings. The second-order valence-electron chi connectivity index (χ2n) is 7.10. The van der Waals surface area contributed by atoms with Gasteiger partial charge < -0.3 is 5.11 Å². The zero-order chi connectivity index (χ0) is 20.4. The van der Waals surface area contributed by atoms with E-state index < -0.39 is 18.1 Å². The maximum Gasteiger partial charge on any atom is 0.522 e. The van der Waals surface area contributed by atoms with Gasteiger partial charge in [0.1, 0.15) is 21.0 Å². The molecular weight excluding hydrogens is 407 g/mol. The summed E-state index contributed by atoms with van der Waals surface area (Å²) < 4.78 is 42.6. The standard InChI is InChI=1S/C18H14F3N5O2S/c1-26-8-10-4-9(7-22-14(10)25-26)12-2-3-13-15(23-12)29-16(24-13)17(27)5-11(6-17)28-18(19,20)21/h2-4,7-8,11,27H,5-6H2,1H3. The first kappa shape index (κ1) is 18.4. The van der Waals surface area contributed by atoms with Crippen LogP contribution in [0.5, 0.6) is 0 Å². The number of pyridine rings is 2. The fourth-order valence-corrected chi connectivity index (χ4v) is 4.54. The molecular formula is C18H14F3N5O2S. The van der Waals surface area contributed by atoms with E-state index in [1.54, 1.807) is 23.0 Å². The van der Waals surface area contributed by atoms with Gasteiger partial charge in [0.15, 0.2) is 5.65 Å². The maximum absolute atomic E-state index is 12.3. The van der Waals surface area contributed by atoms with Gasteiger partial charge in [0.05, 0.1) is 11.8 Å². The Bertz CT molecular complexity index is 1230. The lowest BCUT2D eigenvalue weighted by atomic mass is 9.78. The van der Waals surface area contributed by atoms with E-state index in [1.807, 2.05) is 19.3 Å². The van der Waals surface area contributed by atoms with E-state index in [0.29, 0.717) is 26.7 Å². The fourth-order valence-electron chi connectivity index (χ4n) is 3.49. The average Bonchev–Trinajstić information content (AvgIpc) is 3.19. The quantitative estimate of drug-likeness (QED) is 0.545. The minimum atomic E-state index is -4.71. The molecule has 1 aliphatic rings.